The average Bonchev–Trinajstić information content (AvgIpc) is 2.67. The number of benzene rings is 1. The fourth-order valence-corrected chi connectivity index (χ4v) is 1.63. The molecule has 4 heteroatoms. The van der Waals surface area contributed by atoms with Crippen molar-refractivity contribution < 1.29 is 13.9 Å². The van der Waals surface area contributed by atoms with Crippen molar-refractivity contribution in [3.63, 3.8) is 0 Å². The Hall–Kier alpha value is -0.640. The number of rotatable bonds is 1. The monoisotopic (exact) mass is 216 g/mol. The first-order valence-electron chi connectivity index (χ1n) is 4.38. The zero-order chi connectivity index (χ0) is 10.1. The molecule has 0 unspecified atom stereocenters. The van der Waals surface area contributed by atoms with E-state index in [4.69, 9.17) is 21.1 Å². The van der Waals surface area contributed by atoms with E-state index in [0.717, 1.165) is 5.56 Å². The minimum Gasteiger partial charge on any atom is -0.346 e. The van der Waals surface area contributed by atoms with Crippen molar-refractivity contribution in [1.29, 1.82) is 0 Å². The first-order valence-corrected chi connectivity index (χ1v) is 4.75. The van der Waals surface area contributed by atoms with Crippen LogP contribution in [-0.2, 0) is 9.47 Å². The molecule has 0 aliphatic carbocycles. The quantitative estimate of drug-likeness (QED) is 0.719. The Labute approximate surface area is 86.6 Å². The maximum Gasteiger partial charge on any atom is 0.184 e. The van der Waals surface area contributed by atoms with Gasteiger partial charge in [0.2, 0.25) is 0 Å². The summed E-state index contributed by atoms with van der Waals surface area (Å²) < 4.78 is 23.7. The Morgan fingerprint density at radius 1 is 1.36 bits per heavy atom. The molecule has 1 heterocycles. The third kappa shape index (κ3) is 1.63. The SMILES string of the molecule is Cc1c(C2OCCO2)ccc(F)c1Cl. The molecule has 0 atom stereocenters. The van der Waals surface area contributed by atoms with Gasteiger partial charge in [-0.25, -0.2) is 4.39 Å². The summed E-state index contributed by atoms with van der Waals surface area (Å²) in [6.07, 6.45) is -0.395. The van der Waals surface area contributed by atoms with Crippen LogP contribution in [0.2, 0.25) is 5.02 Å². The van der Waals surface area contributed by atoms with Crippen molar-refractivity contribution in [2.75, 3.05) is 13.2 Å². The lowest BCUT2D eigenvalue weighted by Gasteiger charge is -2.13. The summed E-state index contributed by atoms with van der Waals surface area (Å²) in [6.45, 7) is 2.89. The van der Waals surface area contributed by atoms with Crippen molar-refractivity contribution in [2.24, 2.45) is 0 Å². The lowest BCUT2D eigenvalue weighted by atomic mass is 10.1. The summed E-state index contributed by atoms with van der Waals surface area (Å²) in [7, 11) is 0. The lowest BCUT2D eigenvalue weighted by molar-refractivity contribution is -0.0445. The van der Waals surface area contributed by atoms with Gasteiger partial charge in [-0.15, -0.1) is 0 Å². The van der Waals surface area contributed by atoms with Gasteiger partial charge in [-0.2, -0.15) is 0 Å². The number of ether oxygens (including phenoxy) is 2. The minimum atomic E-state index is -0.411. The van der Waals surface area contributed by atoms with Crippen LogP contribution in [0.5, 0.6) is 0 Å². The van der Waals surface area contributed by atoms with E-state index in [1.165, 1.54) is 6.07 Å². The van der Waals surface area contributed by atoms with E-state index in [1.54, 1.807) is 13.0 Å². The smallest absolute Gasteiger partial charge is 0.184 e. The van der Waals surface area contributed by atoms with Crippen molar-refractivity contribution in [2.45, 2.75) is 13.2 Å². The molecule has 0 bridgehead atoms. The van der Waals surface area contributed by atoms with Gasteiger partial charge in [0.25, 0.3) is 0 Å². The molecule has 1 aromatic carbocycles. The fourth-order valence-electron chi connectivity index (χ4n) is 1.46. The second-order valence-corrected chi connectivity index (χ2v) is 3.53. The maximum atomic E-state index is 13.0. The summed E-state index contributed by atoms with van der Waals surface area (Å²) in [4.78, 5) is 0. The highest BCUT2D eigenvalue weighted by Gasteiger charge is 2.21. The van der Waals surface area contributed by atoms with Gasteiger partial charge in [0.1, 0.15) is 5.82 Å². The molecule has 1 aliphatic heterocycles. The highest BCUT2D eigenvalue weighted by Crippen LogP contribution is 2.31. The Balaban J connectivity index is 2.38. The molecule has 0 saturated carbocycles. The second-order valence-electron chi connectivity index (χ2n) is 3.15. The van der Waals surface area contributed by atoms with Crippen LogP contribution < -0.4 is 0 Å². The number of halogens is 2. The molecule has 1 aliphatic rings. The fraction of sp³-hybridized carbons (Fsp3) is 0.400. The molecule has 0 amide bonds. The Bertz CT molecular complexity index is 348. The average molecular weight is 217 g/mol. The first kappa shape index (κ1) is 9.90. The maximum absolute atomic E-state index is 13.0. The van der Waals surface area contributed by atoms with Gasteiger partial charge in [-0.1, -0.05) is 17.7 Å². The Morgan fingerprint density at radius 3 is 2.64 bits per heavy atom. The minimum absolute atomic E-state index is 0.140. The predicted molar refractivity (Wildman–Crippen MR) is 50.8 cm³/mol. The molecule has 1 fully saturated rings. The summed E-state index contributed by atoms with van der Waals surface area (Å²) in [6, 6.07) is 2.97. The van der Waals surface area contributed by atoms with E-state index in [-0.39, 0.29) is 5.02 Å². The summed E-state index contributed by atoms with van der Waals surface area (Å²) in [5.41, 5.74) is 1.48. The lowest BCUT2D eigenvalue weighted by Crippen LogP contribution is -2.01. The Morgan fingerprint density at radius 2 is 2.00 bits per heavy atom. The number of hydrogen-bond acceptors (Lipinski definition) is 2. The first-order chi connectivity index (χ1) is 6.70. The predicted octanol–water partition coefficient (Wildman–Crippen LogP) is 2.83. The normalized spacial score (nSPS) is 17.6. The van der Waals surface area contributed by atoms with Crippen LogP contribution in [0.4, 0.5) is 4.39 Å². The van der Waals surface area contributed by atoms with Crippen LogP contribution in [0.15, 0.2) is 12.1 Å². The van der Waals surface area contributed by atoms with Crippen LogP contribution in [0, 0.1) is 12.7 Å². The summed E-state index contributed by atoms with van der Waals surface area (Å²) in [5, 5.41) is 0.140. The third-order valence-corrected chi connectivity index (χ3v) is 2.72. The van der Waals surface area contributed by atoms with E-state index in [2.05, 4.69) is 0 Å². The van der Waals surface area contributed by atoms with Crippen LogP contribution in [-0.4, -0.2) is 13.2 Å². The zero-order valence-electron chi connectivity index (χ0n) is 7.72. The van der Waals surface area contributed by atoms with Crippen molar-refractivity contribution in [3.8, 4) is 0 Å². The topological polar surface area (TPSA) is 18.5 Å². The van der Waals surface area contributed by atoms with E-state index < -0.39 is 12.1 Å². The molecule has 2 nitrogen and oxygen atoms in total. The molecule has 0 N–H and O–H groups in total. The van der Waals surface area contributed by atoms with Crippen molar-refractivity contribution >= 4 is 11.6 Å². The third-order valence-electron chi connectivity index (χ3n) is 2.26. The van der Waals surface area contributed by atoms with Crippen LogP contribution in [0.1, 0.15) is 17.4 Å². The molecule has 1 aromatic rings. The van der Waals surface area contributed by atoms with Crippen molar-refractivity contribution in [3.05, 3.63) is 34.1 Å². The largest absolute Gasteiger partial charge is 0.346 e. The molecule has 1 saturated heterocycles. The van der Waals surface area contributed by atoms with Gasteiger partial charge >= 0.3 is 0 Å². The van der Waals surface area contributed by atoms with Gasteiger partial charge in [0, 0.05) is 5.56 Å². The van der Waals surface area contributed by atoms with Gasteiger partial charge in [0.15, 0.2) is 6.29 Å². The van der Waals surface area contributed by atoms with Gasteiger partial charge in [-0.05, 0) is 18.6 Å². The highest BCUT2D eigenvalue weighted by atomic mass is 35.5. The molecule has 0 spiro atoms. The standard InChI is InChI=1S/C10H10ClFO2/c1-6-7(10-13-4-5-14-10)2-3-8(12)9(6)11/h2-3,10H,4-5H2,1H3. The molecule has 0 radical (unpaired) electrons. The van der Waals surface area contributed by atoms with E-state index in [9.17, 15) is 4.39 Å². The van der Waals surface area contributed by atoms with Crippen molar-refractivity contribution in [1.82, 2.24) is 0 Å². The highest BCUT2D eigenvalue weighted by molar-refractivity contribution is 6.31. The van der Waals surface area contributed by atoms with Crippen LogP contribution >= 0.6 is 11.6 Å². The Kier molecular flexibility index (Phi) is 2.72. The molecular weight excluding hydrogens is 207 g/mol. The van der Waals surface area contributed by atoms with Gasteiger partial charge in [-0.3, -0.25) is 0 Å². The van der Waals surface area contributed by atoms with Gasteiger partial charge in [0.05, 0.1) is 18.2 Å². The van der Waals surface area contributed by atoms with Crippen LogP contribution in [0.3, 0.4) is 0 Å². The zero-order valence-corrected chi connectivity index (χ0v) is 8.47. The summed E-state index contributed by atoms with van der Waals surface area (Å²) in [5.74, 6) is -0.411. The molecule has 2 rings (SSSR count). The van der Waals surface area contributed by atoms with E-state index >= 15 is 0 Å². The molecule has 76 valence electrons. The summed E-state index contributed by atoms with van der Waals surface area (Å²) >= 11 is 5.78. The molecule has 0 aromatic heterocycles. The van der Waals surface area contributed by atoms with Gasteiger partial charge < -0.3 is 9.47 Å². The van der Waals surface area contributed by atoms with Crippen LogP contribution in [0.25, 0.3) is 0 Å². The number of hydrogen-bond donors (Lipinski definition) is 0. The molecular formula is C10H10ClFO2. The molecule has 14 heavy (non-hydrogen) atoms. The van der Waals surface area contributed by atoms with E-state index in [0.29, 0.717) is 18.8 Å². The van der Waals surface area contributed by atoms with E-state index in [1.807, 2.05) is 0 Å². The second kappa shape index (κ2) is 3.85.